The van der Waals surface area contributed by atoms with Crippen molar-refractivity contribution in [1.29, 1.82) is 0 Å². The van der Waals surface area contributed by atoms with Crippen molar-refractivity contribution < 1.29 is 14.3 Å². The Kier molecular flexibility index (Phi) is 5.03. The average Bonchev–Trinajstić information content (AvgIpc) is 2.59. The zero-order valence-corrected chi connectivity index (χ0v) is 14.5. The van der Waals surface area contributed by atoms with Gasteiger partial charge in [0.15, 0.2) is 6.61 Å². The molecule has 0 aromatic heterocycles. The monoisotopic (exact) mass is 338 g/mol. The van der Waals surface area contributed by atoms with Crippen LogP contribution < -0.4 is 10.1 Å². The third-order valence-electron chi connectivity index (χ3n) is 4.31. The van der Waals surface area contributed by atoms with E-state index in [1.165, 1.54) is 5.56 Å². The zero-order chi connectivity index (χ0) is 17.8. The highest BCUT2D eigenvalue weighted by Gasteiger charge is 2.18. The first-order valence-electron chi connectivity index (χ1n) is 8.38. The Morgan fingerprint density at radius 2 is 2.00 bits per heavy atom. The van der Waals surface area contributed by atoms with Crippen LogP contribution in [0.25, 0.3) is 0 Å². The van der Waals surface area contributed by atoms with Gasteiger partial charge in [-0.15, -0.1) is 0 Å². The lowest BCUT2D eigenvalue weighted by Gasteiger charge is -2.28. The highest BCUT2D eigenvalue weighted by Crippen LogP contribution is 2.23. The maximum Gasteiger partial charge on any atom is 0.262 e. The first kappa shape index (κ1) is 17.0. The van der Waals surface area contributed by atoms with Gasteiger partial charge < -0.3 is 15.0 Å². The predicted octanol–water partition coefficient (Wildman–Crippen LogP) is 2.92. The smallest absolute Gasteiger partial charge is 0.262 e. The van der Waals surface area contributed by atoms with Crippen LogP contribution in [-0.4, -0.2) is 29.9 Å². The molecular formula is C20H22N2O3. The molecule has 5 heteroatoms. The van der Waals surface area contributed by atoms with E-state index >= 15 is 0 Å². The number of hydrogen-bond acceptors (Lipinski definition) is 3. The van der Waals surface area contributed by atoms with Crippen LogP contribution in [0, 0.1) is 6.92 Å². The molecule has 25 heavy (non-hydrogen) atoms. The van der Waals surface area contributed by atoms with Gasteiger partial charge in [0.25, 0.3) is 5.91 Å². The number of carbonyl (C=O) groups excluding carboxylic acids is 2. The second kappa shape index (κ2) is 7.38. The molecule has 0 radical (unpaired) electrons. The van der Waals surface area contributed by atoms with E-state index in [4.69, 9.17) is 4.74 Å². The van der Waals surface area contributed by atoms with Gasteiger partial charge in [-0.3, -0.25) is 9.59 Å². The lowest BCUT2D eigenvalue weighted by Crippen LogP contribution is -2.34. The fourth-order valence-corrected chi connectivity index (χ4v) is 2.95. The summed E-state index contributed by atoms with van der Waals surface area (Å²) in [6, 6.07) is 13.4. The van der Waals surface area contributed by atoms with Crippen LogP contribution in [0.2, 0.25) is 0 Å². The number of rotatable bonds is 4. The van der Waals surface area contributed by atoms with Crippen LogP contribution in [-0.2, 0) is 22.6 Å². The number of benzene rings is 2. The summed E-state index contributed by atoms with van der Waals surface area (Å²) < 4.78 is 5.52. The Balaban J connectivity index is 1.60. The number of carbonyl (C=O) groups is 2. The van der Waals surface area contributed by atoms with Gasteiger partial charge >= 0.3 is 0 Å². The number of anilines is 1. The van der Waals surface area contributed by atoms with Gasteiger partial charge in [0, 0.05) is 25.7 Å². The summed E-state index contributed by atoms with van der Waals surface area (Å²) in [5, 5.41) is 2.85. The van der Waals surface area contributed by atoms with Crippen LogP contribution in [0.5, 0.6) is 5.75 Å². The summed E-state index contributed by atoms with van der Waals surface area (Å²) in [5.41, 5.74) is 4.12. The molecule has 0 bridgehead atoms. The summed E-state index contributed by atoms with van der Waals surface area (Å²) in [6.07, 6.45) is 0.847. The molecule has 2 aromatic carbocycles. The molecule has 130 valence electrons. The third-order valence-corrected chi connectivity index (χ3v) is 4.31. The Bertz CT molecular complexity index is 801. The van der Waals surface area contributed by atoms with Gasteiger partial charge in [0.2, 0.25) is 5.91 Å². The van der Waals surface area contributed by atoms with Crippen LogP contribution in [0.4, 0.5) is 5.69 Å². The number of fused-ring (bicyclic) bond motifs is 1. The van der Waals surface area contributed by atoms with Crippen molar-refractivity contribution in [3.05, 3.63) is 59.2 Å². The highest BCUT2D eigenvalue weighted by atomic mass is 16.5. The van der Waals surface area contributed by atoms with Crippen LogP contribution >= 0.6 is 0 Å². The number of nitrogens with one attached hydrogen (secondary N) is 1. The minimum Gasteiger partial charge on any atom is -0.484 e. The summed E-state index contributed by atoms with van der Waals surface area (Å²) in [7, 11) is 0. The third kappa shape index (κ3) is 4.38. The summed E-state index contributed by atoms with van der Waals surface area (Å²) in [5.74, 6) is 0.546. The standard InChI is InChI=1S/C20H22N2O3/c1-14-4-3-5-19(10-14)25-13-20(24)21-18-7-6-16-8-9-22(15(2)23)12-17(16)11-18/h3-7,10-11H,8-9,12-13H2,1-2H3,(H,21,24). The van der Waals surface area contributed by atoms with Crippen molar-refractivity contribution in [2.24, 2.45) is 0 Å². The molecule has 3 rings (SSSR count). The van der Waals surface area contributed by atoms with Crippen molar-refractivity contribution in [2.45, 2.75) is 26.8 Å². The van der Waals surface area contributed by atoms with E-state index in [9.17, 15) is 9.59 Å². The second-order valence-electron chi connectivity index (χ2n) is 6.33. The molecule has 0 spiro atoms. The van der Waals surface area contributed by atoms with Crippen LogP contribution in [0.1, 0.15) is 23.6 Å². The summed E-state index contributed by atoms with van der Waals surface area (Å²) in [6.45, 7) is 4.86. The molecular weight excluding hydrogens is 316 g/mol. The van der Waals surface area contributed by atoms with E-state index < -0.39 is 0 Å². The van der Waals surface area contributed by atoms with Crippen molar-refractivity contribution in [1.82, 2.24) is 4.90 Å². The van der Waals surface area contributed by atoms with Crippen molar-refractivity contribution in [3.8, 4) is 5.75 Å². The molecule has 0 fully saturated rings. The minimum absolute atomic E-state index is 0.0416. The Morgan fingerprint density at radius 3 is 2.76 bits per heavy atom. The minimum atomic E-state index is -0.208. The van der Waals surface area contributed by atoms with E-state index in [1.54, 1.807) is 6.92 Å². The maximum atomic E-state index is 12.1. The molecule has 2 aromatic rings. The van der Waals surface area contributed by atoms with Crippen molar-refractivity contribution in [3.63, 3.8) is 0 Å². The SMILES string of the molecule is CC(=O)N1CCc2ccc(NC(=O)COc3cccc(C)c3)cc2C1. The highest BCUT2D eigenvalue weighted by molar-refractivity contribution is 5.92. The maximum absolute atomic E-state index is 12.1. The number of aryl methyl sites for hydroxylation is 1. The molecule has 1 aliphatic heterocycles. The molecule has 1 N–H and O–H groups in total. The number of nitrogens with zero attached hydrogens (tertiary/aromatic N) is 1. The lowest BCUT2D eigenvalue weighted by atomic mass is 9.99. The summed E-state index contributed by atoms with van der Waals surface area (Å²) >= 11 is 0. The van der Waals surface area contributed by atoms with Crippen LogP contribution in [0.3, 0.4) is 0 Å². The Hall–Kier alpha value is -2.82. The fourth-order valence-electron chi connectivity index (χ4n) is 2.95. The normalized spacial score (nSPS) is 13.1. The lowest BCUT2D eigenvalue weighted by molar-refractivity contribution is -0.129. The Morgan fingerprint density at radius 1 is 1.16 bits per heavy atom. The molecule has 0 atom stereocenters. The zero-order valence-electron chi connectivity index (χ0n) is 14.5. The molecule has 1 heterocycles. The van der Waals surface area contributed by atoms with Gasteiger partial charge in [-0.2, -0.15) is 0 Å². The van der Waals surface area contributed by atoms with E-state index in [2.05, 4.69) is 5.32 Å². The topological polar surface area (TPSA) is 58.6 Å². The summed E-state index contributed by atoms with van der Waals surface area (Å²) in [4.78, 5) is 25.5. The van der Waals surface area contributed by atoms with E-state index in [0.717, 1.165) is 29.8 Å². The quantitative estimate of drug-likeness (QED) is 0.932. The van der Waals surface area contributed by atoms with Gasteiger partial charge in [-0.05, 0) is 54.3 Å². The number of ether oxygens (including phenoxy) is 1. The van der Waals surface area contributed by atoms with Gasteiger partial charge in [0.1, 0.15) is 5.75 Å². The largest absolute Gasteiger partial charge is 0.484 e. The van der Waals surface area contributed by atoms with Gasteiger partial charge in [-0.1, -0.05) is 18.2 Å². The molecule has 0 aliphatic carbocycles. The van der Waals surface area contributed by atoms with E-state index in [0.29, 0.717) is 12.3 Å². The molecule has 0 unspecified atom stereocenters. The van der Waals surface area contributed by atoms with E-state index in [1.807, 2.05) is 54.3 Å². The van der Waals surface area contributed by atoms with Gasteiger partial charge in [0.05, 0.1) is 0 Å². The molecule has 5 nitrogen and oxygen atoms in total. The van der Waals surface area contributed by atoms with E-state index in [-0.39, 0.29) is 18.4 Å². The first-order valence-corrected chi connectivity index (χ1v) is 8.38. The second-order valence-corrected chi connectivity index (χ2v) is 6.33. The van der Waals surface area contributed by atoms with Crippen LogP contribution in [0.15, 0.2) is 42.5 Å². The molecule has 1 aliphatic rings. The Labute approximate surface area is 147 Å². The fraction of sp³-hybridized carbons (Fsp3) is 0.300. The molecule has 0 saturated heterocycles. The first-order chi connectivity index (χ1) is 12.0. The predicted molar refractivity (Wildman–Crippen MR) is 96.5 cm³/mol. The van der Waals surface area contributed by atoms with Crippen molar-refractivity contribution >= 4 is 17.5 Å². The van der Waals surface area contributed by atoms with Crippen molar-refractivity contribution in [2.75, 3.05) is 18.5 Å². The van der Waals surface area contributed by atoms with Gasteiger partial charge in [-0.25, -0.2) is 0 Å². The molecule has 0 saturated carbocycles. The molecule has 2 amide bonds. The number of hydrogen-bond donors (Lipinski definition) is 1. The average molecular weight is 338 g/mol. The number of amides is 2.